The molecule has 10 nitrogen and oxygen atoms in total. The molecule has 1 saturated heterocycles. The molecule has 0 bridgehead atoms. The van der Waals surface area contributed by atoms with Crippen LogP contribution in [-0.4, -0.2) is 67.7 Å². The molecule has 3 aromatic heterocycles. The number of carboxylic acid groups (broad SMARTS) is 1. The average Bonchev–Trinajstić information content (AvgIpc) is 3.49. The van der Waals surface area contributed by atoms with Crippen LogP contribution < -0.4 is 9.64 Å². The van der Waals surface area contributed by atoms with Crippen molar-refractivity contribution in [3.8, 4) is 5.75 Å². The second-order valence-corrected chi connectivity index (χ2v) is 8.96. The molecule has 16 heteroatoms. The van der Waals surface area contributed by atoms with Crippen LogP contribution in [-0.2, 0) is 15.8 Å². The fourth-order valence-corrected chi connectivity index (χ4v) is 4.45. The van der Waals surface area contributed by atoms with E-state index in [1.54, 1.807) is 18.5 Å². The van der Waals surface area contributed by atoms with Crippen molar-refractivity contribution in [2.45, 2.75) is 50.2 Å². The quantitative estimate of drug-likeness (QED) is 0.340. The van der Waals surface area contributed by atoms with E-state index >= 15 is 0 Å². The molecular weight excluding hydrogens is 552 g/mol. The van der Waals surface area contributed by atoms with Crippen LogP contribution in [0.3, 0.4) is 0 Å². The highest BCUT2D eigenvalue weighted by Gasteiger charge is 2.43. The van der Waals surface area contributed by atoms with Gasteiger partial charge in [0.05, 0.1) is 28.9 Å². The molecule has 0 radical (unpaired) electrons. The molecule has 2 aliphatic rings. The minimum atomic E-state index is -5.08. The molecule has 3 aromatic rings. The largest absolute Gasteiger partial charge is 0.490 e. The maximum Gasteiger partial charge on any atom is 0.490 e. The van der Waals surface area contributed by atoms with Crippen LogP contribution in [0.4, 0.5) is 36.8 Å². The number of alkyl halides is 6. The third-order valence-electron chi connectivity index (χ3n) is 6.33. The molecule has 0 spiro atoms. The number of ether oxygens (including phenoxy) is 1. The van der Waals surface area contributed by atoms with Crippen molar-refractivity contribution in [1.82, 2.24) is 19.9 Å². The number of aromatic amines is 1. The Hall–Kier alpha value is -4.37. The number of fused-ring (bicyclic) bond motifs is 1. The van der Waals surface area contributed by atoms with Crippen molar-refractivity contribution < 1.29 is 50.6 Å². The van der Waals surface area contributed by atoms with E-state index in [-0.39, 0.29) is 24.4 Å². The molecular formula is C24H21F6N5O5. The number of pyridine rings is 2. The first kappa shape index (κ1) is 28.6. The molecule has 1 saturated carbocycles. The summed E-state index contributed by atoms with van der Waals surface area (Å²) < 4.78 is 76.9. The average molecular weight is 573 g/mol. The Bertz CT molecular complexity index is 1400. The molecule has 0 atom stereocenters. The number of carbonyl (C=O) groups excluding carboxylic acids is 2. The van der Waals surface area contributed by atoms with Crippen molar-refractivity contribution in [2.75, 3.05) is 11.4 Å². The monoisotopic (exact) mass is 573 g/mol. The molecule has 40 heavy (non-hydrogen) atoms. The number of aliphatic carboxylic acids is 1. The summed E-state index contributed by atoms with van der Waals surface area (Å²) in [6.45, 7) is -0.305. The van der Waals surface area contributed by atoms with E-state index < -0.39 is 35.8 Å². The summed E-state index contributed by atoms with van der Waals surface area (Å²) in [7, 11) is 0. The highest BCUT2D eigenvalue weighted by molar-refractivity contribution is 6.12. The van der Waals surface area contributed by atoms with Gasteiger partial charge in [-0.1, -0.05) is 0 Å². The van der Waals surface area contributed by atoms with Crippen LogP contribution in [0.1, 0.15) is 31.2 Å². The zero-order chi connectivity index (χ0) is 29.2. The van der Waals surface area contributed by atoms with Gasteiger partial charge in [0.15, 0.2) is 0 Å². The van der Waals surface area contributed by atoms with E-state index in [0.29, 0.717) is 31.9 Å². The van der Waals surface area contributed by atoms with Gasteiger partial charge in [-0.2, -0.15) is 26.3 Å². The standard InChI is InChI=1S/C22H20F3N5O3.C2HF3O2/c23-22(24,25)13-9-15(11-26-10-13)29-12-19(31)30(21(29)32)14-1-3-16(4-2-14)33-18-6-8-28-20-17(18)5-7-27-20;3-2(4,5)1(6)7/h5-11,14,16H,1-4,12H2,(H,27,28);(H,6,7). The van der Waals surface area contributed by atoms with Gasteiger partial charge in [-0.25, -0.2) is 14.6 Å². The summed E-state index contributed by atoms with van der Waals surface area (Å²) in [5.74, 6) is -2.46. The Morgan fingerprint density at radius 2 is 1.73 bits per heavy atom. The number of nitrogens with one attached hydrogen (secondary N) is 1. The third kappa shape index (κ3) is 6.26. The van der Waals surface area contributed by atoms with Crippen LogP contribution in [0.15, 0.2) is 43.0 Å². The zero-order valence-electron chi connectivity index (χ0n) is 20.4. The van der Waals surface area contributed by atoms with Gasteiger partial charge in [-0.3, -0.25) is 19.6 Å². The predicted molar refractivity (Wildman–Crippen MR) is 125 cm³/mol. The highest BCUT2D eigenvalue weighted by Crippen LogP contribution is 2.34. The zero-order valence-corrected chi connectivity index (χ0v) is 20.4. The first-order chi connectivity index (χ1) is 18.8. The Morgan fingerprint density at radius 3 is 2.35 bits per heavy atom. The fraction of sp³-hybridized carbons (Fsp3) is 0.375. The number of rotatable bonds is 4. The van der Waals surface area contributed by atoms with Crippen LogP contribution in [0.2, 0.25) is 0 Å². The van der Waals surface area contributed by atoms with Crippen molar-refractivity contribution in [3.05, 3.63) is 48.5 Å². The van der Waals surface area contributed by atoms with Gasteiger partial charge in [0.25, 0.3) is 5.91 Å². The number of nitrogens with zero attached hydrogens (tertiary/aromatic N) is 4. The summed E-state index contributed by atoms with van der Waals surface area (Å²) in [6, 6.07) is 3.59. The Labute approximate surface area is 221 Å². The van der Waals surface area contributed by atoms with Gasteiger partial charge in [-0.05, 0) is 43.9 Å². The minimum Gasteiger partial charge on any atom is -0.490 e. The van der Waals surface area contributed by atoms with E-state index in [0.717, 1.165) is 33.9 Å². The van der Waals surface area contributed by atoms with E-state index in [1.165, 1.54) is 4.90 Å². The third-order valence-corrected chi connectivity index (χ3v) is 6.33. The normalized spacial score (nSPS) is 19.9. The molecule has 2 fully saturated rings. The van der Waals surface area contributed by atoms with E-state index in [2.05, 4.69) is 15.0 Å². The summed E-state index contributed by atoms with van der Waals surface area (Å²) in [5.41, 5.74) is -0.279. The number of urea groups is 1. The number of anilines is 1. The van der Waals surface area contributed by atoms with Crippen LogP contribution >= 0.6 is 0 Å². The van der Waals surface area contributed by atoms with Crippen LogP contribution in [0.25, 0.3) is 11.0 Å². The van der Waals surface area contributed by atoms with Gasteiger partial charge in [0.1, 0.15) is 17.9 Å². The second-order valence-electron chi connectivity index (χ2n) is 8.96. The molecule has 0 unspecified atom stereocenters. The number of imide groups is 1. The number of aromatic nitrogens is 3. The van der Waals surface area contributed by atoms with Gasteiger partial charge >= 0.3 is 24.4 Å². The van der Waals surface area contributed by atoms with Crippen molar-refractivity contribution in [1.29, 1.82) is 0 Å². The van der Waals surface area contributed by atoms with Crippen molar-refractivity contribution in [2.24, 2.45) is 0 Å². The van der Waals surface area contributed by atoms with Gasteiger partial charge < -0.3 is 14.8 Å². The Balaban J connectivity index is 0.000000470. The second kappa shape index (κ2) is 11.0. The first-order valence-corrected chi connectivity index (χ1v) is 11.8. The molecule has 0 aromatic carbocycles. The van der Waals surface area contributed by atoms with Crippen LogP contribution in [0, 0.1) is 0 Å². The number of H-pyrrole nitrogens is 1. The fourth-order valence-electron chi connectivity index (χ4n) is 4.45. The summed E-state index contributed by atoms with van der Waals surface area (Å²) >= 11 is 0. The van der Waals surface area contributed by atoms with Gasteiger partial charge in [-0.15, -0.1) is 0 Å². The van der Waals surface area contributed by atoms with E-state index in [4.69, 9.17) is 14.6 Å². The van der Waals surface area contributed by atoms with Gasteiger partial charge in [0, 0.05) is 24.6 Å². The van der Waals surface area contributed by atoms with Gasteiger partial charge in [0.2, 0.25) is 0 Å². The lowest BCUT2D eigenvalue weighted by Gasteiger charge is -2.33. The number of amides is 3. The number of hydrogen-bond acceptors (Lipinski definition) is 6. The molecule has 3 amide bonds. The molecule has 1 aliphatic carbocycles. The summed E-state index contributed by atoms with van der Waals surface area (Å²) in [5, 5.41) is 8.01. The first-order valence-electron chi connectivity index (χ1n) is 11.8. The number of carboxylic acids is 1. The molecule has 214 valence electrons. The molecule has 5 rings (SSSR count). The maximum absolute atomic E-state index is 13.0. The lowest BCUT2D eigenvalue weighted by atomic mass is 9.92. The smallest absolute Gasteiger partial charge is 0.490 e. The highest BCUT2D eigenvalue weighted by atomic mass is 19.4. The lowest BCUT2D eigenvalue weighted by Crippen LogP contribution is -2.44. The minimum absolute atomic E-state index is 0.0455. The Kier molecular flexibility index (Phi) is 7.88. The number of carbonyl (C=O) groups is 3. The van der Waals surface area contributed by atoms with E-state index in [9.17, 15) is 35.9 Å². The topological polar surface area (TPSA) is 129 Å². The Morgan fingerprint density at radius 1 is 1.05 bits per heavy atom. The molecule has 2 N–H and O–H groups in total. The number of halogens is 6. The van der Waals surface area contributed by atoms with Crippen LogP contribution in [0.5, 0.6) is 5.75 Å². The molecule has 1 aliphatic heterocycles. The maximum atomic E-state index is 13.0. The summed E-state index contributed by atoms with van der Waals surface area (Å²) in [4.78, 5) is 47.6. The van der Waals surface area contributed by atoms with Crippen molar-refractivity contribution in [3.63, 3.8) is 0 Å². The van der Waals surface area contributed by atoms with E-state index in [1.807, 2.05) is 6.07 Å². The number of hydrogen-bond donors (Lipinski definition) is 2. The molecule has 4 heterocycles. The summed E-state index contributed by atoms with van der Waals surface area (Å²) in [6.07, 6.45) is -2.05. The lowest BCUT2D eigenvalue weighted by molar-refractivity contribution is -0.192. The predicted octanol–water partition coefficient (Wildman–Crippen LogP) is 4.77. The SMILES string of the molecule is O=C(O)C(F)(F)F.O=C1CN(c2cncc(C(F)(F)F)c2)C(=O)N1C1CCC(Oc2ccnc3[nH]ccc23)CC1. The van der Waals surface area contributed by atoms with Crippen molar-refractivity contribution >= 4 is 34.6 Å².